The Kier molecular flexibility index (Phi) is 3.93. The summed E-state index contributed by atoms with van der Waals surface area (Å²) in [5.41, 5.74) is 0. The van der Waals surface area contributed by atoms with Crippen LogP contribution in [0.1, 0.15) is 6.92 Å². The van der Waals surface area contributed by atoms with Gasteiger partial charge < -0.3 is 0 Å². The van der Waals surface area contributed by atoms with Gasteiger partial charge in [-0.3, -0.25) is 0 Å². The zero-order valence-electron chi connectivity index (χ0n) is 5.37. The molecule has 46 valence electrons. The maximum absolute atomic E-state index is 3.68. The molecule has 0 saturated heterocycles. The first-order valence-corrected chi connectivity index (χ1v) is 2.39. The van der Waals surface area contributed by atoms with Crippen LogP contribution in [0.2, 0.25) is 0 Å². The van der Waals surface area contributed by atoms with Crippen molar-refractivity contribution in [2.75, 3.05) is 14.1 Å². The van der Waals surface area contributed by atoms with Crippen LogP contribution in [0, 0.1) is 0 Å². The van der Waals surface area contributed by atoms with Crippen molar-refractivity contribution in [3.05, 3.63) is 0 Å². The van der Waals surface area contributed by atoms with E-state index in [1.54, 1.807) is 14.1 Å². The highest BCUT2D eigenvalue weighted by molar-refractivity contribution is 4.45. The quantitative estimate of drug-likeness (QED) is 0.488. The number of hydrogen-bond acceptors (Lipinski definition) is 4. The molecule has 0 bridgehead atoms. The van der Waals surface area contributed by atoms with E-state index in [0.717, 1.165) is 0 Å². The van der Waals surface area contributed by atoms with Crippen molar-refractivity contribution < 1.29 is 0 Å². The third kappa shape index (κ3) is 3.39. The highest BCUT2D eigenvalue weighted by atomic mass is 15.2. The van der Waals surface area contributed by atoms with Crippen LogP contribution >= 0.6 is 0 Å². The molecule has 0 radical (unpaired) electrons. The van der Waals surface area contributed by atoms with E-state index in [-0.39, 0.29) is 6.17 Å². The van der Waals surface area contributed by atoms with Gasteiger partial charge in [0, 0.05) is 14.1 Å². The molecule has 0 aliphatic carbocycles. The van der Waals surface area contributed by atoms with E-state index in [2.05, 4.69) is 20.5 Å². The summed E-state index contributed by atoms with van der Waals surface area (Å²) in [6.07, 6.45) is -0.120. The average molecular weight is 114 g/mol. The fourth-order valence-electron chi connectivity index (χ4n) is 0.357. The molecule has 0 aromatic heterocycles. The highest BCUT2D eigenvalue weighted by Crippen LogP contribution is 1.90. The molecule has 4 nitrogen and oxygen atoms in total. The maximum Gasteiger partial charge on any atom is 0.178 e. The minimum Gasteiger partial charge on any atom is -0.195 e. The first-order chi connectivity index (χ1) is 3.81. The molecule has 0 heterocycles. The zero-order chi connectivity index (χ0) is 6.41. The van der Waals surface area contributed by atoms with Crippen LogP contribution in [-0.2, 0) is 0 Å². The number of azo groups is 2. The fourth-order valence-corrected chi connectivity index (χ4v) is 0.357. The SMILES string of the molecule is C/N=N/C(C)/N=N/C. The lowest BCUT2D eigenvalue weighted by atomic mass is 10.6. The molecule has 0 N–H and O–H groups in total. The summed E-state index contributed by atoms with van der Waals surface area (Å²) in [6, 6.07) is 0. The molecule has 0 fully saturated rings. The van der Waals surface area contributed by atoms with Crippen molar-refractivity contribution in [2.24, 2.45) is 20.5 Å². The fraction of sp³-hybridized carbons (Fsp3) is 1.00. The largest absolute Gasteiger partial charge is 0.195 e. The molecule has 0 aliphatic rings. The van der Waals surface area contributed by atoms with Crippen molar-refractivity contribution in [3.63, 3.8) is 0 Å². The Morgan fingerprint density at radius 2 is 1.38 bits per heavy atom. The molecule has 0 saturated carbocycles. The summed E-state index contributed by atoms with van der Waals surface area (Å²) in [6.45, 7) is 1.82. The second-order valence-corrected chi connectivity index (χ2v) is 1.26. The van der Waals surface area contributed by atoms with E-state index in [1.807, 2.05) is 6.92 Å². The number of hydrogen-bond donors (Lipinski definition) is 0. The highest BCUT2D eigenvalue weighted by Gasteiger charge is 1.88. The summed E-state index contributed by atoms with van der Waals surface area (Å²) in [5.74, 6) is 0. The Morgan fingerprint density at radius 1 is 1.00 bits per heavy atom. The van der Waals surface area contributed by atoms with Crippen LogP contribution in [0.4, 0.5) is 0 Å². The van der Waals surface area contributed by atoms with Gasteiger partial charge in [-0.2, -0.15) is 20.5 Å². The summed E-state index contributed by atoms with van der Waals surface area (Å²) >= 11 is 0. The summed E-state index contributed by atoms with van der Waals surface area (Å²) in [5, 5.41) is 14.4. The van der Waals surface area contributed by atoms with Crippen LogP contribution in [0.3, 0.4) is 0 Å². The molecular weight excluding hydrogens is 104 g/mol. The lowest BCUT2D eigenvalue weighted by molar-refractivity contribution is 0.690. The molecule has 0 rings (SSSR count). The summed E-state index contributed by atoms with van der Waals surface area (Å²) in [4.78, 5) is 0. The van der Waals surface area contributed by atoms with Gasteiger partial charge in [0.25, 0.3) is 0 Å². The lowest BCUT2D eigenvalue weighted by Gasteiger charge is -1.89. The Labute approximate surface area is 48.7 Å². The predicted octanol–water partition coefficient (Wildman–Crippen LogP) is 1.50. The minimum atomic E-state index is -0.120. The first-order valence-electron chi connectivity index (χ1n) is 2.39. The molecule has 0 amide bonds. The van der Waals surface area contributed by atoms with Gasteiger partial charge in [-0.15, -0.1) is 0 Å². The van der Waals surface area contributed by atoms with Crippen LogP contribution in [0.15, 0.2) is 20.5 Å². The Balaban J connectivity index is 3.47. The second-order valence-electron chi connectivity index (χ2n) is 1.26. The molecular formula is C4H10N4. The van der Waals surface area contributed by atoms with Crippen LogP contribution in [0.25, 0.3) is 0 Å². The van der Waals surface area contributed by atoms with Crippen molar-refractivity contribution >= 4 is 0 Å². The lowest BCUT2D eigenvalue weighted by Crippen LogP contribution is -1.87. The topological polar surface area (TPSA) is 49.4 Å². The first kappa shape index (κ1) is 7.20. The Bertz CT molecular complexity index is 84.2. The Hall–Kier alpha value is -0.800. The van der Waals surface area contributed by atoms with Gasteiger partial charge in [-0.25, -0.2) is 0 Å². The molecule has 4 heteroatoms. The normalized spacial score (nSPS) is 12.5. The molecule has 0 aliphatic heterocycles. The standard InChI is InChI=1S/C4H10N4/c1-4(7-5-2)8-6-3/h4H,1-3H3/b7-5+,8-6+. The van der Waals surface area contributed by atoms with Gasteiger partial charge in [-0.1, -0.05) is 0 Å². The van der Waals surface area contributed by atoms with Gasteiger partial charge in [0.2, 0.25) is 0 Å². The molecule has 0 spiro atoms. The van der Waals surface area contributed by atoms with Crippen LogP contribution in [0.5, 0.6) is 0 Å². The second kappa shape index (κ2) is 4.36. The molecule has 0 atom stereocenters. The van der Waals surface area contributed by atoms with E-state index in [4.69, 9.17) is 0 Å². The monoisotopic (exact) mass is 114 g/mol. The summed E-state index contributed by atoms with van der Waals surface area (Å²) in [7, 11) is 3.23. The van der Waals surface area contributed by atoms with Crippen molar-refractivity contribution in [1.82, 2.24) is 0 Å². The van der Waals surface area contributed by atoms with Crippen molar-refractivity contribution in [1.29, 1.82) is 0 Å². The van der Waals surface area contributed by atoms with Gasteiger partial charge in [0.15, 0.2) is 6.17 Å². The van der Waals surface area contributed by atoms with Crippen molar-refractivity contribution in [2.45, 2.75) is 13.1 Å². The van der Waals surface area contributed by atoms with E-state index in [9.17, 15) is 0 Å². The third-order valence-electron chi connectivity index (χ3n) is 0.565. The van der Waals surface area contributed by atoms with Gasteiger partial charge >= 0.3 is 0 Å². The smallest absolute Gasteiger partial charge is 0.178 e. The van der Waals surface area contributed by atoms with Crippen LogP contribution in [-0.4, -0.2) is 20.3 Å². The number of nitrogens with zero attached hydrogens (tertiary/aromatic N) is 4. The number of rotatable bonds is 2. The van der Waals surface area contributed by atoms with Gasteiger partial charge in [0.1, 0.15) is 0 Å². The van der Waals surface area contributed by atoms with Gasteiger partial charge in [0.05, 0.1) is 0 Å². The predicted molar refractivity (Wildman–Crippen MR) is 31.0 cm³/mol. The molecule has 8 heavy (non-hydrogen) atoms. The minimum absolute atomic E-state index is 0.120. The maximum atomic E-state index is 3.68. The molecule has 0 aromatic carbocycles. The van der Waals surface area contributed by atoms with E-state index in [0.29, 0.717) is 0 Å². The van der Waals surface area contributed by atoms with E-state index < -0.39 is 0 Å². The van der Waals surface area contributed by atoms with E-state index in [1.165, 1.54) is 0 Å². The van der Waals surface area contributed by atoms with E-state index >= 15 is 0 Å². The van der Waals surface area contributed by atoms with Crippen LogP contribution < -0.4 is 0 Å². The molecule has 0 unspecified atom stereocenters. The zero-order valence-corrected chi connectivity index (χ0v) is 5.37. The van der Waals surface area contributed by atoms with Gasteiger partial charge in [-0.05, 0) is 6.92 Å². The Morgan fingerprint density at radius 3 is 1.62 bits per heavy atom. The third-order valence-corrected chi connectivity index (χ3v) is 0.565. The molecule has 0 aromatic rings. The average Bonchev–Trinajstić information content (AvgIpc) is 1.68. The van der Waals surface area contributed by atoms with Crippen molar-refractivity contribution in [3.8, 4) is 0 Å². The summed E-state index contributed by atoms with van der Waals surface area (Å²) < 4.78 is 0.